The van der Waals surface area contributed by atoms with E-state index in [0.717, 1.165) is 14.7 Å². The van der Waals surface area contributed by atoms with Gasteiger partial charge in [0.25, 0.3) is 0 Å². The number of nitrogens with zero attached hydrogens (tertiary/aromatic N) is 1. The largest absolute Gasteiger partial charge is 0.493 e. The average Bonchev–Trinajstić information content (AvgIpc) is 2.99. The molecular formula is C31H21ClF3NO4S2. The summed E-state index contributed by atoms with van der Waals surface area (Å²) in [7, 11) is 0. The predicted octanol–water partition coefficient (Wildman–Crippen LogP) is 8.55. The van der Waals surface area contributed by atoms with Crippen molar-refractivity contribution in [3.8, 4) is 0 Å². The molecule has 5 nitrogen and oxygen atoms in total. The molecule has 0 saturated heterocycles. The number of carbonyl (C=O) groups is 3. The van der Waals surface area contributed by atoms with Crippen molar-refractivity contribution in [3.63, 3.8) is 0 Å². The molecule has 0 aromatic heterocycles. The SMILES string of the molecule is O=C(C(CCSc1ccc(Cl)cc1)=NOC(=O)C(F)(F)F)c1ccc(Sc2ccc(C(=O)c3ccccc3)cc2)cc1. The van der Waals surface area contributed by atoms with E-state index in [-0.39, 0.29) is 29.2 Å². The number of carbonyl (C=O) groups excluding carboxylic acids is 3. The summed E-state index contributed by atoms with van der Waals surface area (Å²) in [5.41, 5.74) is 0.992. The van der Waals surface area contributed by atoms with E-state index in [1.165, 1.54) is 35.7 Å². The van der Waals surface area contributed by atoms with Crippen LogP contribution in [0.15, 0.2) is 123 Å². The summed E-state index contributed by atoms with van der Waals surface area (Å²) in [6.45, 7) is 0. The Morgan fingerprint density at radius 2 is 1.24 bits per heavy atom. The number of halogens is 4. The Morgan fingerprint density at radius 3 is 1.81 bits per heavy atom. The minimum absolute atomic E-state index is 0.0538. The van der Waals surface area contributed by atoms with E-state index in [4.69, 9.17) is 11.6 Å². The van der Waals surface area contributed by atoms with Crippen LogP contribution in [-0.2, 0) is 9.63 Å². The molecule has 4 rings (SSSR count). The van der Waals surface area contributed by atoms with Gasteiger partial charge in [-0.3, -0.25) is 9.59 Å². The molecule has 214 valence electrons. The van der Waals surface area contributed by atoms with Crippen molar-refractivity contribution in [2.75, 3.05) is 5.75 Å². The van der Waals surface area contributed by atoms with E-state index in [1.54, 1.807) is 72.8 Å². The van der Waals surface area contributed by atoms with E-state index < -0.39 is 17.9 Å². The number of ketones is 2. The van der Waals surface area contributed by atoms with Gasteiger partial charge in [0.1, 0.15) is 5.71 Å². The van der Waals surface area contributed by atoms with E-state index in [2.05, 4.69) is 9.99 Å². The van der Waals surface area contributed by atoms with Crippen molar-refractivity contribution in [2.24, 2.45) is 5.16 Å². The molecule has 0 heterocycles. The van der Waals surface area contributed by atoms with Gasteiger partial charge in [-0.1, -0.05) is 58.9 Å². The second-order valence-electron chi connectivity index (χ2n) is 8.64. The number of alkyl halides is 3. The van der Waals surface area contributed by atoms with Gasteiger partial charge >= 0.3 is 12.1 Å². The van der Waals surface area contributed by atoms with Gasteiger partial charge in [0.05, 0.1) is 0 Å². The zero-order valence-electron chi connectivity index (χ0n) is 21.6. The fourth-order valence-corrected chi connectivity index (χ4v) is 5.36. The van der Waals surface area contributed by atoms with Gasteiger partial charge in [-0.25, -0.2) is 4.79 Å². The minimum atomic E-state index is -5.25. The Morgan fingerprint density at radius 1 is 0.714 bits per heavy atom. The number of thioether (sulfide) groups is 1. The topological polar surface area (TPSA) is 72.8 Å². The fraction of sp³-hybridized carbons (Fsp3) is 0.0968. The first-order valence-corrected chi connectivity index (χ1v) is 14.5. The lowest BCUT2D eigenvalue weighted by molar-refractivity contribution is -0.199. The Balaban J connectivity index is 1.42. The molecule has 0 aliphatic carbocycles. The second-order valence-corrected chi connectivity index (χ2v) is 11.4. The number of benzene rings is 4. The van der Waals surface area contributed by atoms with E-state index in [1.807, 2.05) is 18.2 Å². The number of rotatable bonds is 11. The molecule has 11 heteroatoms. The molecule has 0 aliphatic rings. The Labute approximate surface area is 253 Å². The number of hydrogen-bond acceptors (Lipinski definition) is 7. The summed E-state index contributed by atoms with van der Waals surface area (Å²) in [6.07, 6.45) is -5.30. The van der Waals surface area contributed by atoms with Crippen LogP contribution < -0.4 is 0 Å². The van der Waals surface area contributed by atoms with Crippen molar-refractivity contribution >= 4 is 58.4 Å². The first-order chi connectivity index (χ1) is 20.1. The highest BCUT2D eigenvalue weighted by atomic mass is 35.5. The van der Waals surface area contributed by atoms with Crippen molar-refractivity contribution in [2.45, 2.75) is 27.3 Å². The lowest BCUT2D eigenvalue weighted by Crippen LogP contribution is -2.25. The minimum Gasteiger partial charge on any atom is -0.308 e. The summed E-state index contributed by atoms with van der Waals surface area (Å²) in [6, 6.07) is 29.4. The van der Waals surface area contributed by atoms with Crippen LogP contribution in [0.25, 0.3) is 0 Å². The number of oxime groups is 1. The molecule has 0 atom stereocenters. The first-order valence-electron chi connectivity index (χ1n) is 12.4. The van der Waals surface area contributed by atoms with Crippen LogP contribution in [0.2, 0.25) is 5.02 Å². The molecule has 4 aromatic rings. The number of hydrogen-bond donors (Lipinski definition) is 0. The summed E-state index contributed by atoms with van der Waals surface area (Å²) in [4.78, 5) is 43.4. The van der Waals surface area contributed by atoms with Crippen LogP contribution in [-0.4, -0.2) is 35.2 Å². The maximum atomic E-state index is 13.1. The molecular weight excluding hydrogens is 607 g/mol. The zero-order chi connectivity index (χ0) is 30.1. The van der Waals surface area contributed by atoms with Crippen LogP contribution in [0.4, 0.5) is 13.2 Å². The third kappa shape index (κ3) is 8.82. The molecule has 0 aliphatic heterocycles. The summed E-state index contributed by atoms with van der Waals surface area (Å²) < 4.78 is 37.9. The van der Waals surface area contributed by atoms with Gasteiger partial charge < -0.3 is 4.84 Å². The van der Waals surface area contributed by atoms with Crippen LogP contribution in [0.5, 0.6) is 0 Å². The molecule has 0 N–H and O–H groups in total. The smallest absolute Gasteiger partial charge is 0.308 e. The monoisotopic (exact) mass is 627 g/mol. The zero-order valence-corrected chi connectivity index (χ0v) is 24.0. The molecule has 0 radical (unpaired) electrons. The first kappa shape index (κ1) is 31.1. The molecule has 42 heavy (non-hydrogen) atoms. The van der Waals surface area contributed by atoms with Gasteiger partial charge in [0.15, 0.2) is 5.78 Å². The Hall–Kier alpha value is -3.86. The van der Waals surface area contributed by atoms with E-state index >= 15 is 0 Å². The number of Topliss-reactive ketones (excluding diaryl/α,β-unsaturated/α-hetero) is 1. The van der Waals surface area contributed by atoms with E-state index in [0.29, 0.717) is 16.1 Å². The van der Waals surface area contributed by atoms with Crippen LogP contribution in [0.3, 0.4) is 0 Å². The Bertz CT molecular complexity index is 1580. The van der Waals surface area contributed by atoms with Crippen molar-refractivity contribution < 1.29 is 32.4 Å². The normalized spacial score (nSPS) is 11.7. The highest BCUT2D eigenvalue weighted by Crippen LogP contribution is 2.29. The fourth-order valence-electron chi connectivity index (χ4n) is 3.55. The van der Waals surface area contributed by atoms with E-state index in [9.17, 15) is 27.6 Å². The summed E-state index contributed by atoms with van der Waals surface area (Å²) in [5.74, 6) is -2.98. The molecule has 0 spiro atoms. The molecule has 4 aromatic carbocycles. The van der Waals surface area contributed by atoms with Crippen LogP contribution >= 0.6 is 35.1 Å². The maximum Gasteiger partial charge on any atom is 0.493 e. The highest BCUT2D eigenvalue weighted by Gasteiger charge is 2.42. The maximum absolute atomic E-state index is 13.1. The standard InChI is InChI=1S/C31H21ClF3NO4S2/c32-23-10-16-24(17-11-23)41-19-18-27(36-40-30(39)31(33,34)35)29(38)22-8-14-26(15-9-22)42-25-12-6-21(7-13-25)28(37)20-4-2-1-3-5-20/h1-17H,18-19H2. The van der Waals surface area contributed by atoms with Gasteiger partial charge in [0.2, 0.25) is 5.78 Å². The third-order valence-corrected chi connectivity index (χ3v) is 7.94. The quantitative estimate of drug-likeness (QED) is 0.0545. The van der Waals surface area contributed by atoms with Crippen molar-refractivity contribution in [1.29, 1.82) is 0 Å². The summed E-state index contributed by atoms with van der Waals surface area (Å²) >= 11 is 8.62. The van der Waals surface area contributed by atoms with Crippen LogP contribution in [0, 0.1) is 0 Å². The third-order valence-electron chi connectivity index (χ3n) is 5.66. The molecule has 0 saturated carbocycles. The van der Waals surface area contributed by atoms with Gasteiger partial charge in [-0.2, -0.15) is 13.2 Å². The van der Waals surface area contributed by atoms with Gasteiger partial charge in [0, 0.05) is 48.6 Å². The van der Waals surface area contributed by atoms with Crippen molar-refractivity contribution in [3.05, 3.63) is 125 Å². The Kier molecular flexibility index (Phi) is 10.6. The molecule has 0 bridgehead atoms. The van der Waals surface area contributed by atoms with Crippen molar-refractivity contribution in [1.82, 2.24) is 0 Å². The lowest BCUT2D eigenvalue weighted by atomic mass is 10.0. The second kappa shape index (κ2) is 14.4. The molecule has 0 unspecified atom stereocenters. The van der Waals surface area contributed by atoms with Gasteiger partial charge in [-0.15, -0.1) is 11.8 Å². The van der Waals surface area contributed by atoms with Crippen LogP contribution in [0.1, 0.15) is 32.7 Å². The average molecular weight is 628 g/mol. The molecule has 0 fully saturated rings. The summed E-state index contributed by atoms with van der Waals surface area (Å²) in [5, 5.41) is 3.83. The van der Waals surface area contributed by atoms with Gasteiger partial charge in [-0.05, 0) is 72.8 Å². The lowest BCUT2D eigenvalue weighted by Gasteiger charge is -2.08. The molecule has 0 amide bonds. The highest BCUT2D eigenvalue weighted by molar-refractivity contribution is 7.99. The predicted molar refractivity (Wildman–Crippen MR) is 158 cm³/mol.